The average Bonchev–Trinajstić information content (AvgIpc) is 2.35. The first-order valence-electron chi connectivity index (χ1n) is 5.65. The van der Waals surface area contributed by atoms with Crippen molar-refractivity contribution >= 4 is 5.78 Å². The van der Waals surface area contributed by atoms with Gasteiger partial charge in [0.25, 0.3) is 0 Å². The van der Waals surface area contributed by atoms with Gasteiger partial charge in [-0.25, -0.2) is 0 Å². The van der Waals surface area contributed by atoms with E-state index in [-0.39, 0.29) is 5.78 Å². The van der Waals surface area contributed by atoms with Crippen LogP contribution >= 0.6 is 0 Å². The molecule has 0 amide bonds. The molecule has 1 aromatic rings. The highest BCUT2D eigenvalue weighted by atomic mass is 19.4. The van der Waals surface area contributed by atoms with Crippen LogP contribution in [0.15, 0.2) is 24.3 Å². The van der Waals surface area contributed by atoms with Gasteiger partial charge >= 0.3 is 6.18 Å². The van der Waals surface area contributed by atoms with Crippen LogP contribution in [0, 0.1) is 5.92 Å². The highest BCUT2D eigenvalue weighted by molar-refractivity contribution is 5.81. The number of aliphatic hydroxyl groups excluding tert-OH is 1. The molecular weight excluding hydrogens is 245 g/mol. The smallest absolute Gasteiger partial charge is 0.388 e. The largest absolute Gasteiger partial charge is 0.416 e. The molecule has 0 saturated heterocycles. The summed E-state index contributed by atoms with van der Waals surface area (Å²) in [6.07, 6.45) is -5.17. The van der Waals surface area contributed by atoms with Gasteiger partial charge in [-0.1, -0.05) is 26.0 Å². The highest BCUT2D eigenvalue weighted by Crippen LogP contribution is 2.31. The van der Waals surface area contributed by atoms with E-state index in [1.54, 1.807) is 13.8 Å². The molecule has 0 heterocycles. The molecule has 0 radical (unpaired) electrons. The number of hydrogen-bond donors (Lipinski definition) is 1. The molecule has 1 aromatic carbocycles. The van der Waals surface area contributed by atoms with Crippen molar-refractivity contribution < 1.29 is 23.1 Å². The molecule has 0 saturated carbocycles. The molecule has 0 aliphatic heterocycles. The minimum Gasteiger partial charge on any atom is -0.388 e. The zero-order valence-corrected chi connectivity index (χ0v) is 10.2. The number of aliphatic hydroxyl groups is 1. The average molecular weight is 260 g/mol. The number of carbonyl (C=O) groups is 1. The maximum Gasteiger partial charge on any atom is 0.416 e. The molecule has 0 aliphatic carbocycles. The summed E-state index contributed by atoms with van der Waals surface area (Å²) in [6, 6.07) is 4.21. The van der Waals surface area contributed by atoms with E-state index in [1.165, 1.54) is 12.1 Å². The third-order valence-electron chi connectivity index (χ3n) is 2.91. The third-order valence-corrected chi connectivity index (χ3v) is 2.91. The van der Waals surface area contributed by atoms with Crippen LogP contribution in [0.4, 0.5) is 13.2 Å². The van der Waals surface area contributed by atoms with Gasteiger partial charge in [0.05, 0.1) is 11.7 Å². The Labute approximate surface area is 103 Å². The minimum atomic E-state index is -4.39. The summed E-state index contributed by atoms with van der Waals surface area (Å²) in [5.41, 5.74) is -0.453. The van der Waals surface area contributed by atoms with Crippen molar-refractivity contribution in [3.63, 3.8) is 0 Å². The molecule has 0 aromatic heterocycles. The summed E-state index contributed by atoms with van der Waals surface area (Å²) in [5.74, 6) is -0.742. The van der Waals surface area contributed by atoms with E-state index in [2.05, 4.69) is 0 Å². The minimum absolute atomic E-state index is 0.123. The topological polar surface area (TPSA) is 37.3 Å². The first-order chi connectivity index (χ1) is 8.27. The number of benzene rings is 1. The standard InChI is InChI=1S/C13H15F3O2/c1-3-11(17)8(2)12(18)9-4-6-10(7-5-9)13(14,15)16/h4-8,12,18H,3H2,1-2H3/t8-,12-/m0/s1. The first kappa shape index (κ1) is 14.7. The van der Waals surface area contributed by atoms with Crippen molar-refractivity contribution in [2.45, 2.75) is 32.5 Å². The fourth-order valence-electron chi connectivity index (χ4n) is 1.66. The summed E-state index contributed by atoms with van der Waals surface area (Å²) in [6.45, 7) is 3.24. The molecule has 100 valence electrons. The molecule has 2 atom stereocenters. The van der Waals surface area contributed by atoms with Crippen molar-refractivity contribution in [2.75, 3.05) is 0 Å². The molecule has 18 heavy (non-hydrogen) atoms. The van der Waals surface area contributed by atoms with Crippen molar-refractivity contribution in [1.29, 1.82) is 0 Å². The Kier molecular flexibility index (Phi) is 4.51. The monoisotopic (exact) mass is 260 g/mol. The Bertz CT molecular complexity index is 409. The number of rotatable bonds is 4. The van der Waals surface area contributed by atoms with Crippen LogP contribution in [0.3, 0.4) is 0 Å². The number of Topliss-reactive ketones (excluding diaryl/α,β-unsaturated/α-hetero) is 1. The summed E-state index contributed by atoms with van der Waals surface area (Å²) < 4.78 is 37.0. The van der Waals surface area contributed by atoms with E-state index in [9.17, 15) is 23.1 Å². The van der Waals surface area contributed by atoms with Crippen LogP contribution in [-0.4, -0.2) is 10.9 Å². The lowest BCUT2D eigenvalue weighted by Gasteiger charge is -2.18. The molecule has 5 heteroatoms. The highest BCUT2D eigenvalue weighted by Gasteiger charge is 2.30. The van der Waals surface area contributed by atoms with E-state index >= 15 is 0 Å². The molecule has 0 bridgehead atoms. The van der Waals surface area contributed by atoms with Gasteiger partial charge in [0.15, 0.2) is 0 Å². The van der Waals surface area contributed by atoms with E-state index in [0.29, 0.717) is 12.0 Å². The molecule has 0 fully saturated rings. The lowest BCUT2D eigenvalue weighted by molar-refractivity contribution is -0.137. The molecular formula is C13H15F3O2. The summed E-state index contributed by atoms with van der Waals surface area (Å²) in [5, 5.41) is 9.88. The second-order valence-corrected chi connectivity index (χ2v) is 4.17. The summed E-state index contributed by atoms with van der Waals surface area (Å²) >= 11 is 0. The summed E-state index contributed by atoms with van der Waals surface area (Å²) in [7, 11) is 0. The van der Waals surface area contributed by atoms with Crippen LogP contribution in [-0.2, 0) is 11.0 Å². The Balaban J connectivity index is 2.89. The van der Waals surface area contributed by atoms with Gasteiger partial charge in [-0.3, -0.25) is 4.79 Å². The van der Waals surface area contributed by atoms with Gasteiger partial charge in [0, 0.05) is 12.3 Å². The van der Waals surface area contributed by atoms with Crippen LogP contribution in [0.25, 0.3) is 0 Å². The molecule has 0 aliphatic rings. The molecule has 2 nitrogen and oxygen atoms in total. The molecule has 1 N–H and O–H groups in total. The summed E-state index contributed by atoms with van der Waals surface area (Å²) in [4.78, 5) is 11.4. The SMILES string of the molecule is CCC(=O)[C@H](C)[C@H](O)c1ccc(C(F)(F)F)cc1. The fourth-order valence-corrected chi connectivity index (χ4v) is 1.66. The maximum atomic E-state index is 12.3. The molecule has 1 rings (SSSR count). The molecule has 0 spiro atoms. The quantitative estimate of drug-likeness (QED) is 0.901. The van der Waals surface area contributed by atoms with E-state index < -0.39 is 23.8 Å². The van der Waals surface area contributed by atoms with E-state index in [4.69, 9.17) is 0 Å². The first-order valence-corrected chi connectivity index (χ1v) is 5.65. The third kappa shape index (κ3) is 3.32. The Hall–Kier alpha value is -1.36. The van der Waals surface area contributed by atoms with Crippen molar-refractivity contribution in [3.05, 3.63) is 35.4 Å². The second-order valence-electron chi connectivity index (χ2n) is 4.17. The number of alkyl halides is 3. The molecule has 0 unspecified atom stereocenters. The predicted molar refractivity (Wildman–Crippen MR) is 60.9 cm³/mol. The lowest BCUT2D eigenvalue weighted by Crippen LogP contribution is -2.18. The van der Waals surface area contributed by atoms with Gasteiger partial charge in [-0.2, -0.15) is 13.2 Å². The van der Waals surface area contributed by atoms with Crippen LogP contribution in [0.1, 0.15) is 37.5 Å². The normalized spacial score (nSPS) is 15.2. The van der Waals surface area contributed by atoms with Crippen molar-refractivity contribution in [2.24, 2.45) is 5.92 Å². The van der Waals surface area contributed by atoms with Crippen molar-refractivity contribution in [1.82, 2.24) is 0 Å². The zero-order valence-electron chi connectivity index (χ0n) is 10.2. The fraction of sp³-hybridized carbons (Fsp3) is 0.462. The maximum absolute atomic E-state index is 12.3. The lowest BCUT2D eigenvalue weighted by atomic mass is 9.92. The van der Waals surface area contributed by atoms with Crippen LogP contribution in [0.5, 0.6) is 0 Å². The predicted octanol–water partition coefficient (Wildman–Crippen LogP) is 3.35. The van der Waals surface area contributed by atoms with Crippen LogP contribution in [0.2, 0.25) is 0 Å². The van der Waals surface area contributed by atoms with E-state index in [1.807, 2.05) is 0 Å². The number of halogens is 3. The Morgan fingerprint density at radius 2 is 1.78 bits per heavy atom. The van der Waals surface area contributed by atoms with Gasteiger partial charge in [-0.05, 0) is 17.7 Å². The van der Waals surface area contributed by atoms with Crippen LogP contribution < -0.4 is 0 Å². The van der Waals surface area contributed by atoms with Crippen molar-refractivity contribution in [3.8, 4) is 0 Å². The Morgan fingerprint density at radius 1 is 1.28 bits per heavy atom. The Morgan fingerprint density at radius 3 is 2.17 bits per heavy atom. The van der Waals surface area contributed by atoms with Gasteiger partial charge in [0.1, 0.15) is 5.78 Å². The number of ketones is 1. The van der Waals surface area contributed by atoms with Gasteiger partial charge in [-0.15, -0.1) is 0 Å². The number of carbonyl (C=O) groups excluding carboxylic acids is 1. The van der Waals surface area contributed by atoms with Gasteiger partial charge < -0.3 is 5.11 Å². The van der Waals surface area contributed by atoms with Gasteiger partial charge in [0.2, 0.25) is 0 Å². The van der Waals surface area contributed by atoms with E-state index in [0.717, 1.165) is 12.1 Å². The number of hydrogen-bond acceptors (Lipinski definition) is 2. The second kappa shape index (κ2) is 5.52. The zero-order chi connectivity index (χ0) is 13.9.